The van der Waals surface area contributed by atoms with Gasteiger partial charge in [0, 0.05) is 35.5 Å². The van der Waals surface area contributed by atoms with Crippen LogP contribution in [0.1, 0.15) is 35.2 Å². The van der Waals surface area contributed by atoms with Crippen molar-refractivity contribution in [3.05, 3.63) is 40.1 Å². The van der Waals surface area contributed by atoms with Crippen molar-refractivity contribution in [2.45, 2.75) is 32.1 Å². The number of thiazole rings is 1. The molecule has 124 valence electrons. The van der Waals surface area contributed by atoms with E-state index < -0.39 is 0 Å². The number of pyridine rings is 1. The maximum absolute atomic E-state index is 12.6. The molecule has 0 unspecified atom stereocenters. The van der Waals surface area contributed by atoms with Gasteiger partial charge in [-0.25, -0.2) is 9.97 Å². The average molecular weight is 341 g/mol. The first-order chi connectivity index (χ1) is 11.7. The summed E-state index contributed by atoms with van der Waals surface area (Å²) in [7, 11) is 0. The number of hydrogen-bond acceptors (Lipinski definition) is 5. The van der Waals surface area contributed by atoms with Gasteiger partial charge in [-0.15, -0.1) is 11.3 Å². The quantitative estimate of drug-likeness (QED) is 0.795. The van der Waals surface area contributed by atoms with Gasteiger partial charge in [0.25, 0.3) is 0 Å². The van der Waals surface area contributed by atoms with E-state index in [0.717, 1.165) is 53.4 Å². The number of carbonyl (C=O) groups excluding carboxylic acids is 1. The second-order valence-electron chi connectivity index (χ2n) is 6.26. The van der Waals surface area contributed by atoms with Crippen LogP contribution in [-0.4, -0.2) is 44.1 Å². The zero-order valence-corrected chi connectivity index (χ0v) is 14.3. The van der Waals surface area contributed by atoms with Gasteiger partial charge in [0.2, 0.25) is 5.91 Å². The molecule has 0 saturated carbocycles. The lowest BCUT2D eigenvalue weighted by Gasteiger charge is -2.32. The van der Waals surface area contributed by atoms with Gasteiger partial charge in [0.1, 0.15) is 0 Å². The van der Waals surface area contributed by atoms with Crippen LogP contribution in [0, 0.1) is 6.92 Å². The van der Waals surface area contributed by atoms with E-state index in [-0.39, 0.29) is 11.8 Å². The smallest absolute Gasteiger partial charge is 0.228 e. The molecule has 4 rings (SSSR count). The number of nitrogens with zero attached hydrogens (tertiary/aromatic N) is 4. The second kappa shape index (κ2) is 6.32. The fourth-order valence-electron chi connectivity index (χ4n) is 3.27. The molecule has 7 heteroatoms. The van der Waals surface area contributed by atoms with Crippen LogP contribution in [0.5, 0.6) is 0 Å². The van der Waals surface area contributed by atoms with Crippen molar-refractivity contribution in [2.24, 2.45) is 0 Å². The SMILES string of the molecule is Cc1nc(CC(=O)N2CCC[C@H](c3ccc4cn[nH]c4n3)C2)cs1. The van der Waals surface area contributed by atoms with Gasteiger partial charge in [0.15, 0.2) is 5.65 Å². The highest BCUT2D eigenvalue weighted by Crippen LogP contribution is 2.27. The van der Waals surface area contributed by atoms with Crippen molar-refractivity contribution in [3.8, 4) is 0 Å². The van der Waals surface area contributed by atoms with E-state index >= 15 is 0 Å². The summed E-state index contributed by atoms with van der Waals surface area (Å²) in [5, 5.41) is 10.9. The molecule has 3 aromatic heterocycles. The van der Waals surface area contributed by atoms with Crippen LogP contribution in [0.25, 0.3) is 11.0 Å². The number of hydrogen-bond donors (Lipinski definition) is 1. The second-order valence-corrected chi connectivity index (χ2v) is 7.32. The minimum atomic E-state index is 0.160. The highest BCUT2D eigenvalue weighted by Gasteiger charge is 2.26. The molecule has 1 amide bonds. The van der Waals surface area contributed by atoms with E-state index in [1.807, 2.05) is 23.3 Å². The normalized spacial score (nSPS) is 18.2. The maximum atomic E-state index is 12.6. The van der Waals surface area contributed by atoms with E-state index in [0.29, 0.717) is 6.42 Å². The molecule has 3 aromatic rings. The maximum Gasteiger partial charge on any atom is 0.228 e. The van der Waals surface area contributed by atoms with Crippen LogP contribution < -0.4 is 0 Å². The van der Waals surface area contributed by atoms with Crippen LogP contribution in [0.3, 0.4) is 0 Å². The molecular formula is C17H19N5OS. The van der Waals surface area contributed by atoms with Crippen molar-refractivity contribution >= 4 is 28.3 Å². The molecule has 0 aromatic carbocycles. The standard InChI is InChI=1S/C17H19N5OS/c1-11-19-14(10-24-11)7-16(23)22-6-2-3-13(9-22)15-5-4-12-8-18-21-17(12)20-15/h4-5,8,10,13H,2-3,6-7,9H2,1H3,(H,18,20,21)/t13-/m0/s1. The Balaban J connectivity index is 1.47. The number of likely N-dealkylation sites (tertiary alicyclic amines) is 1. The van der Waals surface area contributed by atoms with Crippen molar-refractivity contribution in [1.29, 1.82) is 0 Å². The highest BCUT2D eigenvalue weighted by atomic mass is 32.1. The predicted molar refractivity (Wildman–Crippen MR) is 93.0 cm³/mol. The molecule has 0 bridgehead atoms. The third-order valence-electron chi connectivity index (χ3n) is 4.51. The first-order valence-electron chi connectivity index (χ1n) is 8.18. The summed E-state index contributed by atoms with van der Waals surface area (Å²) in [5.74, 6) is 0.445. The van der Waals surface area contributed by atoms with Gasteiger partial charge in [-0.2, -0.15) is 5.10 Å². The summed E-state index contributed by atoms with van der Waals surface area (Å²) in [6.07, 6.45) is 4.24. The van der Waals surface area contributed by atoms with E-state index in [1.165, 1.54) is 0 Å². The van der Waals surface area contributed by atoms with Gasteiger partial charge in [-0.05, 0) is 31.9 Å². The number of aromatic amines is 1. The number of nitrogens with one attached hydrogen (secondary N) is 1. The third-order valence-corrected chi connectivity index (χ3v) is 5.34. The number of rotatable bonds is 3. The topological polar surface area (TPSA) is 74.8 Å². The van der Waals surface area contributed by atoms with E-state index in [2.05, 4.69) is 26.2 Å². The number of amides is 1. The van der Waals surface area contributed by atoms with Crippen LogP contribution in [-0.2, 0) is 11.2 Å². The summed E-state index contributed by atoms with van der Waals surface area (Å²) in [6, 6.07) is 4.10. The molecule has 1 aliphatic rings. The zero-order valence-electron chi connectivity index (χ0n) is 13.5. The Kier molecular flexibility index (Phi) is 4.02. The molecule has 0 aliphatic carbocycles. The summed E-state index contributed by atoms with van der Waals surface area (Å²) < 4.78 is 0. The van der Waals surface area contributed by atoms with Crippen molar-refractivity contribution in [3.63, 3.8) is 0 Å². The molecular weight excluding hydrogens is 322 g/mol. The number of fused-ring (bicyclic) bond motifs is 1. The Labute approximate surface area is 143 Å². The number of piperidine rings is 1. The molecule has 6 nitrogen and oxygen atoms in total. The predicted octanol–water partition coefficient (Wildman–Crippen LogP) is 2.67. The molecule has 0 spiro atoms. The molecule has 1 fully saturated rings. The third kappa shape index (κ3) is 3.03. The van der Waals surface area contributed by atoms with Crippen LogP contribution in [0.15, 0.2) is 23.7 Å². The van der Waals surface area contributed by atoms with Crippen molar-refractivity contribution < 1.29 is 4.79 Å². The van der Waals surface area contributed by atoms with Crippen LogP contribution >= 0.6 is 11.3 Å². The van der Waals surface area contributed by atoms with Gasteiger partial charge in [-0.3, -0.25) is 9.89 Å². The lowest BCUT2D eigenvalue weighted by atomic mass is 9.94. The largest absolute Gasteiger partial charge is 0.342 e. The minimum absolute atomic E-state index is 0.160. The van der Waals surface area contributed by atoms with Gasteiger partial charge in [-0.1, -0.05) is 0 Å². The van der Waals surface area contributed by atoms with E-state index in [4.69, 9.17) is 0 Å². The fraction of sp³-hybridized carbons (Fsp3) is 0.412. The lowest BCUT2D eigenvalue weighted by Crippen LogP contribution is -2.40. The Morgan fingerprint density at radius 3 is 3.17 bits per heavy atom. The first kappa shape index (κ1) is 15.3. The molecule has 1 N–H and O–H groups in total. The van der Waals surface area contributed by atoms with Gasteiger partial charge in [0.05, 0.1) is 23.3 Å². The fourth-order valence-corrected chi connectivity index (χ4v) is 3.88. The molecule has 1 atom stereocenters. The zero-order chi connectivity index (χ0) is 16.5. The highest BCUT2D eigenvalue weighted by molar-refractivity contribution is 7.09. The summed E-state index contributed by atoms with van der Waals surface area (Å²) >= 11 is 1.59. The Hall–Kier alpha value is -2.28. The van der Waals surface area contributed by atoms with Crippen LogP contribution in [0.2, 0.25) is 0 Å². The molecule has 0 radical (unpaired) electrons. The monoisotopic (exact) mass is 341 g/mol. The summed E-state index contributed by atoms with van der Waals surface area (Å²) in [4.78, 5) is 23.6. The summed E-state index contributed by atoms with van der Waals surface area (Å²) in [5.41, 5.74) is 2.73. The van der Waals surface area contributed by atoms with Gasteiger partial charge < -0.3 is 4.90 Å². The van der Waals surface area contributed by atoms with Crippen molar-refractivity contribution in [2.75, 3.05) is 13.1 Å². The first-order valence-corrected chi connectivity index (χ1v) is 9.06. The molecule has 4 heterocycles. The average Bonchev–Trinajstić information content (AvgIpc) is 3.23. The minimum Gasteiger partial charge on any atom is -0.342 e. The molecule has 1 saturated heterocycles. The number of H-pyrrole nitrogens is 1. The van der Waals surface area contributed by atoms with Gasteiger partial charge >= 0.3 is 0 Å². The Bertz CT molecular complexity index is 871. The molecule has 1 aliphatic heterocycles. The van der Waals surface area contributed by atoms with E-state index in [1.54, 1.807) is 17.5 Å². The Morgan fingerprint density at radius 2 is 2.33 bits per heavy atom. The Morgan fingerprint density at radius 1 is 1.42 bits per heavy atom. The number of aryl methyl sites for hydroxylation is 1. The van der Waals surface area contributed by atoms with Crippen molar-refractivity contribution in [1.82, 2.24) is 25.1 Å². The number of carbonyl (C=O) groups is 1. The lowest BCUT2D eigenvalue weighted by molar-refractivity contribution is -0.131. The van der Waals surface area contributed by atoms with Crippen LogP contribution in [0.4, 0.5) is 0 Å². The summed E-state index contributed by atoms with van der Waals surface area (Å²) in [6.45, 7) is 3.52. The molecule has 24 heavy (non-hydrogen) atoms. The number of aromatic nitrogens is 4. The van der Waals surface area contributed by atoms with E-state index in [9.17, 15) is 4.79 Å².